The van der Waals surface area contributed by atoms with Crippen molar-refractivity contribution in [2.75, 3.05) is 6.54 Å². The van der Waals surface area contributed by atoms with E-state index in [0.29, 0.717) is 18.8 Å². The van der Waals surface area contributed by atoms with Crippen LogP contribution >= 0.6 is 0 Å². The zero-order valence-corrected chi connectivity index (χ0v) is 11.3. The zero-order valence-electron chi connectivity index (χ0n) is 11.3. The Bertz CT molecular complexity index is 736. The summed E-state index contributed by atoms with van der Waals surface area (Å²) >= 11 is 0. The van der Waals surface area contributed by atoms with Crippen molar-refractivity contribution in [2.24, 2.45) is 0 Å². The number of nitrogens with zero attached hydrogens (tertiary/aromatic N) is 3. The van der Waals surface area contributed by atoms with E-state index in [4.69, 9.17) is 0 Å². The van der Waals surface area contributed by atoms with E-state index < -0.39 is 6.09 Å². The van der Waals surface area contributed by atoms with Crippen molar-refractivity contribution in [3.8, 4) is 11.3 Å². The van der Waals surface area contributed by atoms with Crippen LogP contribution < -0.4 is 0 Å². The summed E-state index contributed by atoms with van der Waals surface area (Å²) in [6, 6.07) is 8.17. The van der Waals surface area contributed by atoms with Gasteiger partial charge in [-0.05, 0) is 31.0 Å². The molecule has 1 aliphatic carbocycles. The fourth-order valence-corrected chi connectivity index (χ4v) is 3.06. The molecule has 0 unspecified atom stereocenters. The second-order valence-corrected chi connectivity index (χ2v) is 5.81. The van der Waals surface area contributed by atoms with E-state index in [1.165, 1.54) is 17.0 Å². The minimum atomic E-state index is -0.902. The van der Waals surface area contributed by atoms with Crippen LogP contribution in [0.5, 0.6) is 0 Å². The van der Waals surface area contributed by atoms with Crippen LogP contribution in [0, 0.1) is 5.82 Å². The van der Waals surface area contributed by atoms with Gasteiger partial charge >= 0.3 is 6.09 Å². The van der Waals surface area contributed by atoms with Crippen molar-refractivity contribution in [3.63, 3.8) is 0 Å². The van der Waals surface area contributed by atoms with E-state index in [2.05, 4.69) is 5.10 Å². The van der Waals surface area contributed by atoms with Crippen LogP contribution in [-0.2, 0) is 12.1 Å². The highest BCUT2D eigenvalue weighted by molar-refractivity contribution is 5.66. The van der Waals surface area contributed by atoms with Gasteiger partial charge in [0.15, 0.2) is 0 Å². The lowest BCUT2D eigenvalue weighted by molar-refractivity contribution is 0.114. The van der Waals surface area contributed by atoms with Gasteiger partial charge in [0.25, 0.3) is 0 Å². The first-order valence-electron chi connectivity index (χ1n) is 6.91. The highest BCUT2D eigenvalue weighted by Gasteiger charge is 2.51. The average Bonchev–Trinajstić information content (AvgIpc) is 3.07. The molecule has 1 aliphatic heterocycles. The van der Waals surface area contributed by atoms with Gasteiger partial charge in [0.05, 0.1) is 23.5 Å². The van der Waals surface area contributed by atoms with Gasteiger partial charge in [-0.15, -0.1) is 0 Å². The van der Waals surface area contributed by atoms with Gasteiger partial charge in [-0.1, -0.05) is 12.1 Å². The molecular formula is C15H14FN3O2. The molecule has 21 heavy (non-hydrogen) atoms. The van der Waals surface area contributed by atoms with Crippen LogP contribution in [0.2, 0.25) is 0 Å². The fourth-order valence-electron chi connectivity index (χ4n) is 3.06. The summed E-state index contributed by atoms with van der Waals surface area (Å²) in [6.07, 6.45) is 0.975. The van der Waals surface area contributed by atoms with Crippen molar-refractivity contribution in [3.05, 3.63) is 41.8 Å². The summed E-state index contributed by atoms with van der Waals surface area (Å²) in [5, 5.41) is 13.8. The maximum absolute atomic E-state index is 13.3. The highest BCUT2D eigenvalue weighted by Crippen LogP contribution is 2.47. The van der Waals surface area contributed by atoms with Gasteiger partial charge in [-0.25, -0.2) is 9.18 Å². The van der Waals surface area contributed by atoms with Gasteiger partial charge in [-0.3, -0.25) is 4.68 Å². The molecule has 1 fully saturated rings. The summed E-state index contributed by atoms with van der Waals surface area (Å²) in [7, 11) is 0. The van der Waals surface area contributed by atoms with Crippen LogP contribution in [0.1, 0.15) is 18.5 Å². The lowest BCUT2D eigenvalue weighted by Gasteiger charge is -2.32. The first kappa shape index (κ1) is 12.4. The monoisotopic (exact) mass is 287 g/mol. The number of benzene rings is 1. The Labute approximate surface area is 120 Å². The molecule has 108 valence electrons. The van der Waals surface area contributed by atoms with Crippen molar-refractivity contribution < 1.29 is 14.3 Å². The van der Waals surface area contributed by atoms with Crippen LogP contribution in [0.25, 0.3) is 11.3 Å². The average molecular weight is 287 g/mol. The van der Waals surface area contributed by atoms with E-state index in [0.717, 1.165) is 24.1 Å². The topological polar surface area (TPSA) is 58.4 Å². The smallest absolute Gasteiger partial charge is 0.407 e. The molecule has 0 saturated heterocycles. The third-order valence-electron chi connectivity index (χ3n) is 4.29. The number of rotatable bonds is 1. The van der Waals surface area contributed by atoms with Crippen LogP contribution in [0.3, 0.4) is 0 Å². The number of fused-ring (bicyclic) bond motifs is 2. The number of hydrogen-bond acceptors (Lipinski definition) is 2. The first-order chi connectivity index (χ1) is 10.1. The molecule has 0 atom stereocenters. The third kappa shape index (κ3) is 1.90. The maximum atomic E-state index is 13.3. The van der Waals surface area contributed by atoms with Crippen molar-refractivity contribution in [2.45, 2.75) is 24.9 Å². The molecule has 0 radical (unpaired) electrons. The van der Waals surface area contributed by atoms with Crippen LogP contribution in [0.15, 0.2) is 30.3 Å². The second kappa shape index (κ2) is 4.07. The number of carbonyl (C=O) groups is 1. The molecule has 1 N–H and O–H groups in total. The Morgan fingerprint density at radius 1 is 1.33 bits per heavy atom. The molecule has 1 aromatic heterocycles. The van der Waals surface area contributed by atoms with Gasteiger partial charge in [0, 0.05) is 12.1 Å². The van der Waals surface area contributed by atoms with Crippen molar-refractivity contribution in [1.82, 2.24) is 14.7 Å². The molecule has 1 aromatic carbocycles. The molecule has 2 aromatic rings. The Balaban J connectivity index is 1.77. The largest absolute Gasteiger partial charge is 0.465 e. The first-order valence-corrected chi connectivity index (χ1v) is 6.91. The Kier molecular flexibility index (Phi) is 2.40. The number of aromatic nitrogens is 2. The minimum Gasteiger partial charge on any atom is -0.465 e. The van der Waals surface area contributed by atoms with Crippen LogP contribution in [0.4, 0.5) is 9.18 Å². The Morgan fingerprint density at radius 3 is 2.81 bits per heavy atom. The maximum Gasteiger partial charge on any atom is 0.407 e. The lowest BCUT2D eigenvalue weighted by atomic mass is 10.1. The Morgan fingerprint density at radius 2 is 2.14 bits per heavy atom. The molecule has 5 nitrogen and oxygen atoms in total. The summed E-state index contributed by atoms with van der Waals surface area (Å²) in [4.78, 5) is 12.7. The zero-order chi connectivity index (χ0) is 14.6. The molecule has 2 aliphatic rings. The highest BCUT2D eigenvalue weighted by atomic mass is 19.1. The quantitative estimate of drug-likeness (QED) is 0.877. The second-order valence-electron chi connectivity index (χ2n) is 5.81. The third-order valence-corrected chi connectivity index (χ3v) is 4.29. The summed E-state index contributed by atoms with van der Waals surface area (Å²) in [5.41, 5.74) is 2.11. The van der Waals surface area contributed by atoms with Gasteiger partial charge in [-0.2, -0.15) is 5.10 Å². The molecule has 0 bridgehead atoms. The fraction of sp³-hybridized carbons (Fsp3) is 0.333. The number of carboxylic acid groups (broad SMARTS) is 1. The molecule has 4 rings (SSSR count). The van der Waals surface area contributed by atoms with Crippen molar-refractivity contribution in [1.29, 1.82) is 0 Å². The van der Waals surface area contributed by atoms with E-state index in [1.807, 2.05) is 16.8 Å². The summed E-state index contributed by atoms with van der Waals surface area (Å²) in [6.45, 7) is 0.818. The minimum absolute atomic E-state index is 0.183. The molecule has 1 amide bonds. The number of hydrogen-bond donors (Lipinski definition) is 1. The van der Waals surface area contributed by atoms with Gasteiger partial charge in [0.1, 0.15) is 5.82 Å². The van der Waals surface area contributed by atoms with E-state index in [1.54, 1.807) is 6.07 Å². The summed E-state index contributed by atoms with van der Waals surface area (Å²) in [5.74, 6) is -0.299. The Hall–Kier alpha value is -2.37. The van der Waals surface area contributed by atoms with E-state index >= 15 is 0 Å². The summed E-state index contributed by atoms with van der Waals surface area (Å²) < 4.78 is 15.3. The predicted molar refractivity (Wildman–Crippen MR) is 73.3 cm³/mol. The van der Waals surface area contributed by atoms with Gasteiger partial charge in [0.2, 0.25) is 0 Å². The van der Waals surface area contributed by atoms with Crippen molar-refractivity contribution >= 4 is 6.09 Å². The molecular weight excluding hydrogens is 273 g/mol. The SMILES string of the molecule is O=C(O)N1Cc2cc(-c3cccc(F)c3)nn2C2(CC2)C1. The number of amides is 1. The standard InChI is InChI=1S/C15H14FN3O2/c16-11-3-1-2-10(6-11)13-7-12-8-18(14(20)21)9-15(4-5-15)19(12)17-13/h1-3,6-7H,4-5,8-9H2,(H,20,21). The molecule has 1 spiro atoms. The number of halogens is 1. The molecule has 1 saturated carbocycles. The van der Waals surface area contributed by atoms with Crippen LogP contribution in [-0.4, -0.2) is 32.4 Å². The predicted octanol–water partition coefficient (Wildman–Crippen LogP) is 2.67. The van der Waals surface area contributed by atoms with Gasteiger partial charge < -0.3 is 10.0 Å². The lowest BCUT2D eigenvalue weighted by Crippen LogP contribution is -2.44. The van der Waals surface area contributed by atoms with E-state index in [9.17, 15) is 14.3 Å². The normalized spacial score (nSPS) is 18.6. The molecule has 6 heteroatoms. The van der Waals surface area contributed by atoms with E-state index in [-0.39, 0.29) is 11.4 Å². The molecule has 2 heterocycles.